The summed E-state index contributed by atoms with van der Waals surface area (Å²) in [6.45, 7) is 6.30. The third-order valence-electron chi connectivity index (χ3n) is 5.98. The molecule has 0 aliphatic rings. The summed E-state index contributed by atoms with van der Waals surface area (Å²) in [7, 11) is 7.98. The van der Waals surface area contributed by atoms with Crippen molar-refractivity contribution in [2.75, 3.05) is 35.5 Å². The Morgan fingerprint density at radius 2 is 1.39 bits per heavy atom. The molecule has 1 aromatic heterocycles. The van der Waals surface area contributed by atoms with Gasteiger partial charge in [-0.25, -0.2) is 0 Å². The minimum Gasteiger partial charge on any atom is -0.497 e. The van der Waals surface area contributed by atoms with E-state index >= 15 is 0 Å². The van der Waals surface area contributed by atoms with E-state index in [1.165, 1.54) is 0 Å². The van der Waals surface area contributed by atoms with Crippen molar-refractivity contribution >= 4 is 16.5 Å². The zero-order valence-corrected chi connectivity index (χ0v) is 21.3. The zero-order valence-electron chi connectivity index (χ0n) is 21.3. The van der Waals surface area contributed by atoms with Crippen molar-refractivity contribution in [3.05, 3.63) is 83.1 Å². The number of hydrogen-bond donors (Lipinski definition) is 0. The van der Waals surface area contributed by atoms with Crippen LogP contribution in [-0.4, -0.2) is 35.5 Å². The van der Waals surface area contributed by atoms with Gasteiger partial charge in [-0.1, -0.05) is 18.4 Å². The molecule has 1 heterocycles. The van der Waals surface area contributed by atoms with Gasteiger partial charge in [-0.15, -0.1) is 0 Å². The molecule has 0 fully saturated rings. The first-order valence-electron chi connectivity index (χ1n) is 11.2. The normalized spacial score (nSPS) is 10.4. The summed E-state index contributed by atoms with van der Waals surface area (Å²) in [5, 5.41) is 0.929. The zero-order chi connectivity index (χ0) is 25.8. The molecule has 0 N–H and O–H groups in total. The predicted molar refractivity (Wildman–Crippen MR) is 141 cm³/mol. The van der Waals surface area contributed by atoms with Gasteiger partial charge in [0.1, 0.15) is 22.8 Å². The fourth-order valence-corrected chi connectivity index (χ4v) is 4.00. The Kier molecular flexibility index (Phi) is 7.12. The van der Waals surface area contributed by atoms with Gasteiger partial charge in [-0.2, -0.15) is 0 Å². The Balaban J connectivity index is 1.77. The van der Waals surface area contributed by atoms with E-state index in [2.05, 4.69) is 18.4 Å². The minimum absolute atomic E-state index is 0.516. The highest BCUT2D eigenvalue weighted by Crippen LogP contribution is 2.42. The molecule has 0 amide bonds. The van der Waals surface area contributed by atoms with Gasteiger partial charge >= 0.3 is 0 Å². The van der Waals surface area contributed by atoms with E-state index in [9.17, 15) is 0 Å². The Morgan fingerprint density at radius 1 is 0.750 bits per heavy atom. The summed E-state index contributed by atoms with van der Waals surface area (Å²) in [5.74, 6) is 10.1. The number of benzene rings is 3. The van der Waals surface area contributed by atoms with Crippen molar-refractivity contribution in [1.29, 1.82) is 0 Å². The van der Waals surface area contributed by atoms with Gasteiger partial charge < -0.3 is 28.1 Å². The number of furan rings is 1. The molecule has 0 spiro atoms. The fraction of sp³-hybridized carbons (Fsp3) is 0.200. The van der Waals surface area contributed by atoms with Gasteiger partial charge in [0.15, 0.2) is 11.5 Å². The number of fused-ring (bicyclic) bond motifs is 1. The average Bonchev–Trinajstić information content (AvgIpc) is 3.25. The molecule has 0 saturated heterocycles. The summed E-state index contributed by atoms with van der Waals surface area (Å²) < 4.78 is 33.5. The first kappa shape index (κ1) is 24.6. The molecule has 4 rings (SSSR count). The molecule has 0 aliphatic carbocycles. The lowest BCUT2D eigenvalue weighted by Gasteiger charge is -2.14. The standard InChI is InChI=1S/C30H28O6/c1-18(22-15-27(33-5)30(35-7)28(16-22)34-6)29-19(2)24-14-21(25(32-4)17-26(24)36-29)11-8-20-9-12-23(31-3)13-10-20/h9-10,12-17H,1H2,2-7H3. The van der Waals surface area contributed by atoms with Crippen LogP contribution < -0.4 is 23.7 Å². The molecule has 6 heteroatoms. The molecule has 6 nitrogen and oxygen atoms in total. The lowest BCUT2D eigenvalue weighted by Crippen LogP contribution is -1.97. The van der Waals surface area contributed by atoms with Gasteiger partial charge in [-0.05, 0) is 55.0 Å². The Morgan fingerprint density at radius 3 is 1.94 bits per heavy atom. The van der Waals surface area contributed by atoms with Crippen molar-refractivity contribution < 1.29 is 28.1 Å². The number of hydrogen-bond acceptors (Lipinski definition) is 6. The molecular formula is C30H28O6. The van der Waals surface area contributed by atoms with E-state index in [4.69, 9.17) is 28.1 Å². The summed E-state index contributed by atoms with van der Waals surface area (Å²) in [6.07, 6.45) is 0. The Labute approximate surface area is 211 Å². The third kappa shape index (κ3) is 4.56. The first-order chi connectivity index (χ1) is 17.4. The van der Waals surface area contributed by atoms with Crippen LogP contribution in [-0.2, 0) is 0 Å². The van der Waals surface area contributed by atoms with Crippen molar-refractivity contribution in [2.45, 2.75) is 6.92 Å². The topological polar surface area (TPSA) is 59.3 Å². The van der Waals surface area contributed by atoms with Gasteiger partial charge in [0, 0.05) is 28.2 Å². The highest BCUT2D eigenvalue weighted by Gasteiger charge is 2.20. The average molecular weight is 485 g/mol. The van der Waals surface area contributed by atoms with Crippen molar-refractivity contribution in [3.63, 3.8) is 0 Å². The van der Waals surface area contributed by atoms with E-state index in [-0.39, 0.29) is 0 Å². The van der Waals surface area contributed by atoms with Gasteiger partial charge in [0.05, 0.1) is 41.1 Å². The molecule has 184 valence electrons. The van der Waals surface area contributed by atoms with E-state index in [1.54, 1.807) is 35.5 Å². The molecule has 0 saturated carbocycles. The van der Waals surface area contributed by atoms with Crippen LogP contribution in [0.5, 0.6) is 28.7 Å². The van der Waals surface area contributed by atoms with Gasteiger partial charge in [0.2, 0.25) is 5.75 Å². The summed E-state index contributed by atoms with van der Waals surface area (Å²) in [6, 6.07) is 15.1. The summed E-state index contributed by atoms with van der Waals surface area (Å²) in [5.41, 5.74) is 4.74. The highest BCUT2D eigenvalue weighted by atomic mass is 16.5. The number of ether oxygens (including phenoxy) is 5. The Hall–Kier alpha value is -4.50. The second-order valence-electron chi connectivity index (χ2n) is 7.98. The SMILES string of the molecule is C=C(c1cc(OC)c(OC)c(OC)c1)c1oc2cc(OC)c(C#Cc3ccc(OC)cc3)cc2c1C. The maximum Gasteiger partial charge on any atom is 0.203 e. The van der Waals surface area contributed by atoms with Crippen LogP contribution in [0.3, 0.4) is 0 Å². The fourth-order valence-electron chi connectivity index (χ4n) is 4.00. The first-order valence-corrected chi connectivity index (χ1v) is 11.2. The van der Waals surface area contributed by atoms with Crippen LogP contribution in [0.25, 0.3) is 16.5 Å². The van der Waals surface area contributed by atoms with E-state index in [0.717, 1.165) is 33.4 Å². The highest BCUT2D eigenvalue weighted by molar-refractivity contribution is 5.91. The predicted octanol–water partition coefficient (Wildman–Crippen LogP) is 6.25. The van der Waals surface area contributed by atoms with Crippen molar-refractivity contribution in [2.24, 2.45) is 0 Å². The molecule has 0 bridgehead atoms. The van der Waals surface area contributed by atoms with Crippen LogP contribution in [0, 0.1) is 18.8 Å². The molecule has 0 atom stereocenters. The quantitative estimate of drug-likeness (QED) is 0.289. The van der Waals surface area contributed by atoms with Crippen molar-refractivity contribution in [3.8, 4) is 40.6 Å². The van der Waals surface area contributed by atoms with Crippen LogP contribution in [0.1, 0.15) is 28.0 Å². The Bertz CT molecular complexity index is 1460. The number of aryl methyl sites for hydroxylation is 1. The molecule has 0 radical (unpaired) electrons. The largest absolute Gasteiger partial charge is 0.497 e. The van der Waals surface area contributed by atoms with Gasteiger partial charge in [0.25, 0.3) is 0 Å². The van der Waals surface area contributed by atoms with E-state index in [1.807, 2.05) is 55.5 Å². The van der Waals surface area contributed by atoms with Crippen LogP contribution in [0.15, 0.2) is 59.5 Å². The summed E-state index contributed by atoms with van der Waals surface area (Å²) in [4.78, 5) is 0. The minimum atomic E-state index is 0.516. The lowest BCUT2D eigenvalue weighted by atomic mass is 10.00. The number of methoxy groups -OCH3 is 5. The maximum atomic E-state index is 6.25. The molecule has 36 heavy (non-hydrogen) atoms. The number of rotatable bonds is 7. The molecule has 0 unspecified atom stereocenters. The van der Waals surface area contributed by atoms with E-state index < -0.39 is 0 Å². The second-order valence-corrected chi connectivity index (χ2v) is 7.98. The monoisotopic (exact) mass is 484 g/mol. The van der Waals surface area contributed by atoms with Crippen LogP contribution in [0.4, 0.5) is 0 Å². The third-order valence-corrected chi connectivity index (χ3v) is 5.98. The van der Waals surface area contributed by atoms with Crippen LogP contribution in [0.2, 0.25) is 0 Å². The van der Waals surface area contributed by atoms with E-state index in [0.29, 0.717) is 39.9 Å². The molecular weight excluding hydrogens is 456 g/mol. The summed E-state index contributed by atoms with van der Waals surface area (Å²) >= 11 is 0. The van der Waals surface area contributed by atoms with Crippen molar-refractivity contribution in [1.82, 2.24) is 0 Å². The van der Waals surface area contributed by atoms with Gasteiger partial charge in [-0.3, -0.25) is 0 Å². The lowest BCUT2D eigenvalue weighted by molar-refractivity contribution is 0.324. The maximum absolute atomic E-state index is 6.25. The molecule has 4 aromatic rings. The smallest absolute Gasteiger partial charge is 0.203 e. The second kappa shape index (κ2) is 10.4. The molecule has 0 aliphatic heterocycles. The van der Waals surface area contributed by atoms with Crippen LogP contribution >= 0.6 is 0 Å². The molecule has 3 aromatic carbocycles.